The Bertz CT molecular complexity index is 1340. The van der Waals surface area contributed by atoms with E-state index < -0.39 is 0 Å². The lowest BCUT2D eigenvalue weighted by atomic mass is 10.0. The molecule has 1 fully saturated rings. The van der Waals surface area contributed by atoms with E-state index in [2.05, 4.69) is 23.1 Å². The third-order valence-electron chi connectivity index (χ3n) is 5.82. The molecule has 5 heteroatoms. The third kappa shape index (κ3) is 4.66. The predicted octanol–water partition coefficient (Wildman–Crippen LogP) is 5.95. The van der Waals surface area contributed by atoms with Gasteiger partial charge in [-0.3, -0.25) is 4.79 Å². The van der Waals surface area contributed by atoms with Crippen molar-refractivity contribution in [3.63, 3.8) is 0 Å². The molecule has 1 aromatic heterocycles. The quantitative estimate of drug-likeness (QED) is 0.383. The number of rotatable bonds is 4. The molecule has 5 nitrogen and oxygen atoms in total. The summed E-state index contributed by atoms with van der Waals surface area (Å²) < 4.78 is 7.07. The summed E-state index contributed by atoms with van der Waals surface area (Å²) >= 11 is 0. The van der Waals surface area contributed by atoms with Crippen molar-refractivity contribution in [2.24, 2.45) is 0 Å². The molecule has 5 rings (SSSR count). The summed E-state index contributed by atoms with van der Waals surface area (Å²) in [5, 5.41) is 6.41. The second-order valence-electron chi connectivity index (χ2n) is 7.82. The molecule has 1 aliphatic rings. The number of aromatic nitrogens is 2. The van der Waals surface area contributed by atoms with E-state index in [0.29, 0.717) is 18.6 Å². The zero-order valence-corrected chi connectivity index (χ0v) is 20.1. The zero-order valence-electron chi connectivity index (χ0n) is 20.1. The van der Waals surface area contributed by atoms with Crippen LogP contribution >= 0.6 is 0 Å². The van der Waals surface area contributed by atoms with Crippen LogP contribution in [0.4, 0.5) is 5.69 Å². The van der Waals surface area contributed by atoms with Crippen molar-refractivity contribution in [2.75, 3.05) is 31.2 Å². The number of allylic oxidation sites excluding steroid dienone is 1. The van der Waals surface area contributed by atoms with Gasteiger partial charge in [-0.2, -0.15) is 9.78 Å². The largest absolute Gasteiger partial charge is 0.378 e. The van der Waals surface area contributed by atoms with Crippen molar-refractivity contribution in [3.8, 4) is 16.9 Å². The molecule has 0 radical (unpaired) electrons. The number of anilines is 1. The Kier molecular flexibility index (Phi) is 7.55. The molecule has 0 unspecified atom stereocenters. The van der Waals surface area contributed by atoms with Gasteiger partial charge < -0.3 is 9.64 Å². The fourth-order valence-corrected chi connectivity index (χ4v) is 4.22. The van der Waals surface area contributed by atoms with Gasteiger partial charge in [-0.25, -0.2) is 0 Å². The van der Waals surface area contributed by atoms with Crippen molar-refractivity contribution >= 4 is 22.5 Å². The summed E-state index contributed by atoms with van der Waals surface area (Å²) in [6, 6.07) is 24.0. The van der Waals surface area contributed by atoms with E-state index >= 15 is 0 Å². The molecule has 0 aliphatic carbocycles. The molecule has 174 valence electrons. The highest BCUT2D eigenvalue weighted by Gasteiger charge is 2.17. The van der Waals surface area contributed by atoms with Crippen molar-refractivity contribution in [3.05, 3.63) is 94.8 Å². The molecule has 0 N–H and O–H groups in total. The maximum Gasteiger partial charge on any atom is 0.279 e. The average molecular weight is 454 g/mol. The monoisotopic (exact) mass is 453 g/mol. The maximum atomic E-state index is 13.6. The van der Waals surface area contributed by atoms with Crippen LogP contribution in [-0.2, 0) is 4.74 Å². The van der Waals surface area contributed by atoms with Crippen LogP contribution in [0.3, 0.4) is 0 Å². The maximum absolute atomic E-state index is 13.6. The Morgan fingerprint density at radius 1 is 0.882 bits per heavy atom. The lowest BCUT2D eigenvalue weighted by Crippen LogP contribution is -2.36. The molecule has 1 saturated heterocycles. The Morgan fingerprint density at radius 3 is 2.26 bits per heavy atom. The lowest BCUT2D eigenvalue weighted by Gasteiger charge is -2.29. The van der Waals surface area contributed by atoms with Crippen LogP contribution in [0.15, 0.2) is 83.7 Å². The van der Waals surface area contributed by atoms with E-state index in [9.17, 15) is 4.79 Å². The molecule has 1 aliphatic heterocycles. The fourth-order valence-electron chi connectivity index (χ4n) is 4.22. The van der Waals surface area contributed by atoms with Gasteiger partial charge in [0.2, 0.25) is 0 Å². The normalized spacial score (nSPS) is 13.7. The van der Waals surface area contributed by atoms with Gasteiger partial charge in [0.15, 0.2) is 0 Å². The third-order valence-corrected chi connectivity index (χ3v) is 5.82. The van der Waals surface area contributed by atoms with Crippen LogP contribution in [-0.4, -0.2) is 36.1 Å². The van der Waals surface area contributed by atoms with E-state index in [-0.39, 0.29) is 5.56 Å². The minimum absolute atomic E-state index is 0.120. The number of hydrogen-bond acceptors (Lipinski definition) is 4. The van der Waals surface area contributed by atoms with Crippen LogP contribution in [0, 0.1) is 0 Å². The van der Waals surface area contributed by atoms with Gasteiger partial charge in [-0.1, -0.05) is 80.6 Å². The molecule has 2 heterocycles. The smallest absolute Gasteiger partial charge is 0.279 e. The Morgan fingerprint density at radius 2 is 1.56 bits per heavy atom. The number of benzene rings is 3. The average Bonchev–Trinajstić information content (AvgIpc) is 2.92. The first kappa shape index (κ1) is 23.5. The zero-order chi connectivity index (χ0) is 23.9. The van der Waals surface area contributed by atoms with E-state index in [4.69, 9.17) is 9.84 Å². The van der Waals surface area contributed by atoms with Crippen molar-refractivity contribution in [1.82, 2.24) is 9.78 Å². The van der Waals surface area contributed by atoms with Crippen LogP contribution in [0.5, 0.6) is 0 Å². The summed E-state index contributed by atoms with van der Waals surface area (Å²) in [5.41, 5.74) is 4.46. The summed E-state index contributed by atoms with van der Waals surface area (Å²) in [7, 11) is 0. The number of ether oxygens (including phenoxy) is 1. The highest BCUT2D eigenvalue weighted by molar-refractivity contribution is 5.94. The standard InChI is InChI=1S/C27H25N3O2.C2H6/c1-2-8-20-13-14-22(29-15-17-32-18-16-29)19-25(20)30-27(31)24-12-7-6-11-23(24)26(28-30)21-9-4-3-5-10-21;1-2/h2-14,19H,15-18H2,1H3;1-2H3/b8-2-;. The number of hydrogen-bond donors (Lipinski definition) is 0. The molecular formula is C29H31N3O2. The summed E-state index contributed by atoms with van der Waals surface area (Å²) in [4.78, 5) is 15.9. The van der Waals surface area contributed by atoms with E-state index in [0.717, 1.165) is 46.7 Å². The molecule has 0 bridgehead atoms. The Balaban J connectivity index is 0.00000133. The minimum Gasteiger partial charge on any atom is -0.378 e. The SMILES string of the molecule is C/C=C\c1ccc(N2CCOCC2)cc1-n1nc(-c2ccccc2)c2ccccc2c1=O.CC. The van der Waals surface area contributed by atoms with Crippen molar-refractivity contribution in [1.29, 1.82) is 0 Å². The fraction of sp³-hybridized carbons (Fsp3) is 0.241. The molecule has 0 atom stereocenters. The molecule has 0 saturated carbocycles. The van der Waals surface area contributed by atoms with Crippen LogP contribution in [0.2, 0.25) is 0 Å². The number of fused-ring (bicyclic) bond motifs is 1. The number of morpholine rings is 1. The first-order chi connectivity index (χ1) is 16.8. The topological polar surface area (TPSA) is 47.4 Å². The van der Waals surface area contributed by atoms with Crippen LogP contribution in [0.1, 0.15) is 26.3 Å². The van der Waals surface area contributed by atoms with E-state index in [1.54, 1.807) is 4.68 Å². The van der Waals surface area contributed by atoms with E-state index in [1.807, 2.05) is 87.5 Å². The van der Waals surface area contributed by atoms with Crippen molar-refractivity contribution in [2.45, 2.75) is 20.8 Å². The van der Waals surface area contributed by atoms with E-state index in [1.165, 1.54) is 0 Å². The summed E-state index contributed by atoms with van der Waals surface area (Å²) in [5.74, 6) is 0. The molecule has 0 spiro atoms. The van der Waals surface area contributed by atoms with Gasteiger partial charge in [0, 0.05) is 35.3 Å². The molecule has 0 amide bonds. The van der Waals surface area contributed by atoms with Gasteiger partial charge >= 0.3 is 0 Å². The van der Waals surface area contributed by atoms with Gasteiger partial charge in [0.1, 0.15) is 0 Å². The summed E-state index contributed by atoms with van der Waals surface area (Å²) in [6.07, 6.45) is 4.00. The highest BCUT2D eigenvalue weighted by Crippen LogP contribution is 2.28. The number of nitrogens with zero attached hydrogens (tertiary/aromatic N) is 3. The lowest BCUT2D eigenvalue weighted by molar-refractivity contribution is 0.122. The molecular weight excluding hydrogens is 422 g/mol. The first-order valence-corrected chi connectivity index (χ1v) is 11.9. The van der Waals surface area contributed by atoms with Gasteiger partial charge in [-0.05, 0) is 25.1 Å². The molecule has 34 heavy (non-hydrogen) atoms. The molecule has 3 aromatic carbocycles. The van der Waals surface area contributed by atoms with Crippen molar-refractivity contribution < 1.29 is 4.74 Å². The second-order valence-corrected chi connectivity index (χ2v) is 7.82. The molecule has 4 aromatic rings. The summed E-state index contributed by atoms with van der Waals surface area (Å²) in [6.45, 7) is 9.05. The Hall–Kier alpha value is -3.70. The Labute approximate surface area is 200 Å². The van der Waals surface area contributed by atoms with Gasteiger partial charge in [-0.15, -0.1) is 0 Å². The first-order valence-electron chi connectivity index (χ1n) is 11.9. The predicted molar refractivity (Wildman–Crippen MR) is 142 cm³/mol. The van der Waals surface area contributed by atoms with Gasteiger partial charge in [0.05, 0.1) is 30.0 Å². The second kappa shape index (κ2) is 10.9. The minimum atomic E-state index is -0.120. The van der Waals surface area contributed by atoms with Crippen LogP contribution in [0.25, 0.3) is 33.8 Å². The highest BCUT2D eigenvalue weighted by atomic mass is 16.5. The van der Waals surface area contributed by atoms with Gasteiger partial charge in [0.25, 0.3) is 5.56 Å². The van der Waals surface area contributed by atoms with Crippen LogP contribution < -0.4 is 10.5 Å².